The summed E-state index contributed by atoms with van der Waals surface area (Å²) in [6.45, 7) is 1.76. The first kappa shape index (κ1) is 19.7. The third kappa shape index (κ3) is 4.71. The molecule has 1 aromatic carbocycles. The van der Waals surface area contributed by atoms with E-state index in [1.54, 1.807) is 28.8 Å². The van der Waals surface area contributed by atoms with E-state index in [1.165, 1.54) is 17.4 Å². The predicted octanol–water partition coefficient (Wildman–Crippen LogP) is 3.52. The highest BCUT2D eigenvalue weighted by atomic mass is 35.5. The van der Waals surface area contributed by atoms with Crippen molar-refractivity contribution in [3.8, 4) is 0 Å². The average molecular weight is 432 g/mol. The smallest absolute Gasteiger partial charge is 0.251 e. The lowest BCUT2D eigenvalue weighted by Crippen LogP contribution is -2.37. The topological polar surface area (TPSA) is 63.4 Å². The summed E-state index contributed by atoms with van der Waals surface area (Å²) in [7, 11) is 0. The number of benzene rings is 1. The Morgan fingerprint density at radius 3 is 2.72 bits per heavy atom. The fourth-order valence-corrected chi connectivity index (χ4v) is 4.17. The van der Waals surface area contributed by atoms with E-state index >= 15 is 0 Å². The van der Waals surface area contributed by atoms with Crippen LogP contribution in [0.5, 0.6) is 0 Å². The molecule has 2 aromatic heterocycles. The molecule has 0 atom stereocenters. The fraction of sp³-hybridized carbons (Fsp3) is 0.300. The average Bonchev–Trinajstić information content (AvgIpc) is 3.17. The van der Waals surface area contributed by atoms with Crippen molar-refractivity contribution in [3.63, 3.8) is 0 Å². The largest absolute Gasteiger partial charge is 0.355 e. The van der Waals surface area contributed by atoms with Crippen LogP contribution < -0.4 is 9.70 Å². The van der Waals surface area contributed by atoms with Crippen molar-refractivity contribution in [3.05, 3.63) is 69.3 Å². The van der Waals surface area contributed by atoms with E-state index in [-0.39, 0.29) is 17.6 Å². The van der Waals surface area contributed by atoms with Crippen LogP contribution in [0, 0.1) is 11.7 Å². The van der Waals surface area contributed by atoms with E-state index in [1.807, 2.05) is 17.6 Å². The highest BCUT2D eigenvalue weighted by Gasteiger charge is 2.25. The lowest BCUT2D eigenvalue weighted by atomic mass is 9.96. The third-order valence-corrected chi connectivity index (χ3v) is 5.95. The Bertz CT molecular complexity index is 1060. The molecule has 150 valence electrons. The summed E-state index contributed by atoms with van der Waals surface area (Å²) in [5.74, 6) is 0.242. The first-order chi connectivity index (χ1) is 14.1. The van der Waals surface area contributed by atoms with E-state index in [0.29, 0.717) is 48.0 Å². The summed E-state index contributed by atoms with van der Waals surface area (Å²) < 4.78 is 15.7. The molecule has 3 aromatic rings. The molecule has 0 saturated carbocycles. The van der Waals surface area contributed by atoms with E-state index in [0.717, 1.165) is 5.82 Å². The van der Waals surface area contributed by atoms with E-state index < -0.39 is 0 Å². The summed E-state index contributed by atoms with van der Waals surface area (Å²) in [6, 6.07) is 10.2. The van der Waals surface area contributed by atoms with Gasteiger partial charge < -0.3 is 9.47 Å². The number of hydrogen-bond acceptors (Lipinski definition) is 5. The van der Waals surface area contributed by atoms with Crippen LogP contribution in [0.15, 0.2) is 53.0 Å². The molecular weight excluding hydrogens is 413 g/mol. The fourth-order valence-electron chi connectivity index (χ4n) is 3.34. The maximum Gasteiger partial charge on any atom is 0.251 e. The van der Waals surface area contributed by atoms with Crippen LogP contribution in [-0.2, 0) is 11.3 Å². The van der Waals surface area contributed by atoms with Crippen molar-refractivity contribution in [1.29, 1.82) is 0 Å². The van der Waals surface area contributed by atoms with Gasteiger partial charge in [-0.3, -0.25) is 4.79 Å². The van der Waals surface area contributed by atoms with Crippen molar-refractivity contribution >= 4 is 34.7 Å². The van der Waals surface area contributed by atoms with Crippen LogP contribution in [0.25, 0.3) is 0 Å². The number of carbonyl (C=O) groups is 1. The van der Waals surface area contributed by atoms with Gasteiger partial charge >= 0.3 is 0 Å². The number of thiazole rings is 1. The zero-order valence-corrected chi connectivity index (χ0v) is 17.1. The Labute approximate surface area is 176 Å². The molecule has 1 aliphatic rings. The second-order valence-electron chi connectivity index (χ2n) is 6.83. The molecule has 0 aliphatic carbocycles. The lowest BCUT2D eigenvalue weighted by Gasteiger charge is -2.30. The molecule has 1 amide bonds. The summed E-state index contributed by atoms with van der Waals surface area (Å²) in [4.78, 5) is 19.7. The van der Waals surface area contributed by atoms with Gasteiger partial charge in [0.15, 0.2) is 15.8 Å². The minimum atomic E-state index is -0.263. The van der Waals surface area contributed by atoms with Gasteiger partial charge in [0, 0.05) is 36.1 Å². The molecule has 3 heterocycles. The van der Waals surface area contributed by atoms with Crippen molar-refractivity contribution in [1.82, 2.24) is 14.8 Å². The number of anilines is 1. The Morgan fingerprint density at radius 2 is 2.00 bits per heavy atom. The summed E-state index contributed by atoms with van der Waals surface area (Å²) >= 11 is 7.16. The highest BCUT2D eigenvalue weighted by Crippen LogP contribution is 2.23. The van der Waals surface area contributed by atoms with Crippen LogP contribution >= 0.6 is 22.9 Å². The number of halogens is 2. The molecule has 0 spiro atoms. The minimum Gasteiger partial charge on any atom is -0.355 e. The maximum absolute atomic E-state index is 13.9. The molecule has 0 bridgehead atoms. The van der Waals surface area contributed by atoms with Crippen LogP contribution in [0.4, 0.5) is 10.2 Å². The molecular formula is C20H19ClFN5OS. The highest BCUT2D eigenvalue weighted by molar-refractivity contribution is 7.07. The number of piperidine rings is 1. The zero-order chi connectivity index (χ0) is 20.2. The molecule has 0 radical (unpaired) electrons. The van der Waals surface area contributed by atoms with Gasteiger partial charge in [-0.15, -0.1) is 21.5 Å². The first-order valence-electron chi connectivity index (χ1n) is 9.30. The second-order valence-corrected chi connectivity index (χ2v) is 8.09. The molecule has 4 rings (SSSR count). The van der Waals surface area contributed by atoms with Crippen LogP contribution in [-0.4, -0.2) is 33.8 Å². The Balaban J connectivity index is 1.42. The number of hydrogen-bond donors (Lipinski definition) is 0. The van der Waals surface area contributed by atoms with Crippen molar-refractivity contribution in [2.75, 3.05) is 18.0 Å². The van der Waals surface area contributed by atoms with E-state index in [2.05, 4.69) is 20.1 Å². The molecule has 9 heteroatoms. The molecule has 0 N–H and O–H groups in total. The van der Waals surface area contributed by atoms with Gasteiger partial charge in [-0.2, -0.15) is 4.99 Å². The number of carbonyl (C=O) groups excluding carboxylic acids is 1. The summed E-state index contributed by atoms with van der Waals surface area (Å²) in [5, 5.41) is 10.2. The number of aromatic nitrogens is 3. The third-order valence-electron chi connectivity index (χ3n) is 4.95. The second kappa shape index (κ2) is 8.84. The molecule has 1 saturated heterocycles. The molecule has 1 fully saturated rings. The van der Waals surface area contributed by atoms with Crippen LogP contribution in [0.2, 0.25) is 5.15 Å². The van der Waals surface area contributed by atoms with Gasteiger partial charge in [-0.1, -0.05) is 29.8 Å². The zero-order valence-electron chi connectivity index (χ0n) is 15.5. The van der Waals surface area contributed by atoms with E-state index in [4.69, 9.17) is 11.6 Å². The van der Waals surface area contributed by atoms with E-state index in [9.17, 15) is 9.18 Å². The number of rotatable bonds is 4. The minimum absolute atomic E-state index is 0.128. The Hall–Kier alpha value is -2.58. The molecule has 29 heavy (non-hydrogen) atoms. The summed E-state index contributed by atoms with van der Waals surface area (Å²) in [6.07, 6.45) is 3.22. The number of amides is 1. The maximum atomic E-state index is 13.9. The standard InChI is InChI=1S/C20H19ClFN5OS/c21-17-5-6-18(25-24-17)26-9-7-14(8-10-26)19(28)23-20-27(11-12-29-20)13-15-3-1-2-4-16(15)22/h1-6,11-12,14H,7-10,13H2. The van der Waals surface area contributed by atoms with Gasteiger partial charge in [0.2, 0.25) is 0 Å². The van der Waals surface area contributed by atoms with Gasteiger partial charge in [-0.25, -0.2) is 4.39 Å². The van der Waals surface area contributed by atoms with Crippen LogP contribution in [0.1, 0.15) is 18.4 Å². The number of nitrogens with zero attached hydrogens (tertiary/aromatic N) is 5. The monoisotopic (exact) mass is 431 g/mol. The van der Waals surface area contributed by atoms with Crippen molar-refractivity contribution < 1.29 is 9.18 Å². The van der Waals surface area contributed by atoms with Crippen molar-refractivity contribution in [2.24, 2.45) is 10.9 Å². The normalized spacial score (nSPS) is 15.7. The van der Waals surface area contributed by atoms with Gasteiger partial charge in [0.1, 0.15) is 5.82 Å². The Kier molecular flexibility index (Phi) is 6.01. The SMILES string of the molecule is O=C(N=c1sccn1Cc1ccccc1F)C1CCN(c2ccc(Cl)nn2)CC1. The van der Waals surface area contributed by atoms with Gasteiger partial charge in [0.25, 0.3) is 5.91 Å². The quantitative estimate of drug-likeness (QED) is 0.634. The first-order valence-corrected chi connectivity index (χ1v) is 10.6. The van der Waals surface area contributed by atoms with Crippen molar-refractivity contribution in [2.45, 2.75) is 19.4 Å². The molecule has 0 unspecified atom stereocenters. The predicted molar refractivity (Wildman–Crippen MR) is 110 cm³/mol. The summed E-state index contributed by atoms with van der Waals surface area (Å²) in [5.41, 5.74) is 0.567. The van der Waals surface area contributed by atoms with Crippen LogP contribution in [0.3, 0.4) is 0 Å². The Morgan fingerprint density at radius 1 is 1.21 bits per heavy atom. The molecule has 1 aliphatic heterocycles. The molecule has 6 nitrogen and oxygen atoms in total. The lowest BCUT2D eigenvalue weighted by molar-refractivity contribution is -0.122. The van der Waals surface area contributed by atoms with Gasteiger partial charge in [-0.05, 0) is 31.0 Å². The van der Waals surface area contributed by atoms with Gasteiger partial charge in [0.05, 0.1) is 6.54 Å².